The summed E-state index contributed by atoms with van der Waals surface area (Å²) >= 11 is 0. The lowest BCUT2D eigenvalue weighted by molar-refractivity contribution is 0.473. The number of nitrogens with zero attached hydrogens (tertiary/aromatic N) is 1. The van der Waals surface area contributed by atoms with Crippen molar-refractivity contribution in [2.24, 2.45) is 0 Å². The van der Waals surface area contributed by atoms with E-state index >= 15 is 0 Å². The third kappa shape index (κ3) is 1.99. The molecule has 2 aromatic rings. The van der Waals surface area contributed by atoms with Gasteiger partial charge in [-0.05, 0) is 53.9 Å². The highest BCUT2D eigenvalue weighted by Crippen LogP contribution is 2.27. The summed E-state index contributed by atoms with van der Waals surface area (Å²) in [5, 5.41) is 18.8. The third-order valence-corrected chi connectivity index (χ3v) is 3.42. The largest absolute Gasteiger partial charge is 0.508 e. The van der Waals surface area contributed by atoms with Crippen molar-refractivity contribution in [1.82, 2.24) is 0 Å². The molecule has 3 rings (SSSR count). The molecule has 92 valence electrons. The molecule has 1 aliphatic rings. The van der Waals surface area contributed by atoms with Gasteiger partial charge in [-0.1, -0.05) is 6.07 Å². The second kappa shape index (κ2) is 4.26. The van der Waals surface area contributed by atoms with Gasteiger partial charge in [-0.15, -0.1) is 0 Å². The van der Waals surface area contributed by atoms with E-state index in [2.05, 4.69) is 4.90 Å². The van der Waals surface area contributed by atoms with Gasteiger partial charge in [0, 0.05) is 18.8 Å². The van der Waals surface area contributed by atoms with Crippen molar-refractivity contribution in [1.29, 1.82) is 0 Å². The molecule has 0 aromatic heterocycles. The Morgan fingerprint density at radius 2 is 1.56 bits per heavy atom. The fourth-order valence-electron chi connectivity index (χ4n) is 2.42. The number of phenolic OH excluding ortho intramolecular Hbond substituents is 2. The first-order chi connectivity index (χ1) is 8.72. The van der Waals surface area contributed by atoms with Crippen LogP contribution in [0.15, 0.2) is 42.5 Å². The molecule has 0 amide bonds. The number of rotatable bonds is 1. The summed E-state index contributed by atoms with van der Waals surface area (Å²) in [6, 6.07) is 12.9. The lowest BCUT2D eigenvalue weighted by Crippen LogP contribution is -2.30. The number of anilines is 1. The summed E-state index contributed by atoms with van der Waals surface area (Å²) in [5.41, 5.74) is 3.60. The molecule has 0 aliphatic carbocycles. The molecule has 0 spiro atoms. The number of fused-ring (bicyclic) bond motifs is 1. The second-order valence-corrected chi connectivity index (χ2v) is 4.64. The van der Waals surface area contributed by atoms with E-state index in [1.54, 1.807) is 18.2 Å². The zero-order chi connectivity index (χ0) is 12.5. The SMILES string of the molecule is Oc1ccc(N2CCc3cc(O)ccc3C2)cc1. The molecule has 0 saturated heterocycles. The fourth-order valence-corrected chi connectivity index (χ4v) is 2.42. The lowest BCUT2D eigenvalue weighted by Gasteiger charge is -2.30. The van der Waals surface area contributed by atoms with E-state index in [0.717, 1.165) is 25.2 Å². The summed E-state index contributed by atoms with van der Waals surface area (Å²) in [7, 11) is 0. The van der Waals surface area contributed by atoms with Gasteiger partial charge in [0.15, 0.2) is 0 Å². The molecular formula is C15H15NO2. The minimum atomic E-state index is 0.293. The normalized spacial score (nSPS) is 14.3. The van der Waals surface area contributed by atoms with E-state index in [9.17, 15) is 10.2 Å². The minimum absolute atomic E-state index is 0.293. The van der Waals surface area contributed by atoms with Crippen LogP contribution in [0, 0.1) is 0 Å². The molecule has 3 heteroatoms. The molecule has 2 aromatic carbocycles. The van der Waals surface area contributed by atoms with E-state index in [0.29, 0.717) is 11.5 Å². The minimum Gasteiger partial charge on any atom is -0.508 e. The van der Waals surface area contributed by atoms with Crippen LogP contribution in [0.2, 0.25) is 0 Å². The quantitative estimate of drug-likeness (QED) is 0.806. The molecule has 0 unspecified atom stereocenters. The molecule has 0 saturated carbocycles. The average Bonchev–Trinajstić information content (AvgIpc) is 2.39. The Morgan fingerprint density at radius 3 is 2.33 bits per heavy atom. The smallest absolute Gasteiger partial charge is 0.115 e. The third-order valence-electron chi connectivity index (χ3n) is 3.42. The van der Waals surface area contributed by atoms with Crippen LogP contribution in [0.25, 0.3) is 0 Å². The molecular weight excluding hydrogens is 226 g/mol. The predicted molar refractivity (Wildman–Crippen MR) is 71.0 cm³/mol. The molecule has 0 bridgehead atoms. The van der Waals surface area contributed by atoms with Crippen LogP contribution in [0.4, 0.5) is 5.69 Å². The van der Waals surface area contributed by atoms with Crippen LogP contribution in [0.3, 0.4) is 0 Å². The molecule has 0 radical (unpaired) electrons. The van der Waals surface area contributed by atoms with Crippen molar-refractivity contribution in [2.45, 2.75) is 13.0 Å². The van der Waals surface area contributed by atoms with Gasteiger partial charge >= 0.3 is 0 Å². The fraction of sp³-hybridized carbons (Fsp3) is 0.200. The Balaban J connectivity index is 1.86. The van der Waals surface area contributed by atoms with Gasteiger partial charge in [-0.3, -0.25) is 0 Å². The van der Waals surface area contributed by atoms with E-state index in [-0.39, 0.29) is 0 Å². The van der Waals surface area contributed by atoms with Crippen molar-refractivity contribution < 1.29 is 10.2 Å². The van der Waals surface area contributed by atoms with E-state index < -0.39 is 0 Å². The van der Waals surface area contributed by atoms with Gasteiger partial charge in [0.05, 0.1) is 0 Å². The van der Waals surface area contributed by atoms with Crippen molar-refractivity contribution in [2.75, 3.05) is 11.4 Å². The van der Waals surface area contributed by atoms with Crippen LogP contribution < -0.4 is 4.90 Å². The van der Waals surface area contributed by atoms with Crippen molar-refractivity contribution in [3.63, 3.8) is 0 Å². The predicted octanol–water partition coefficient (Wildman–Crippen LogP) is 2.66. The first-order valence-corrected chi connectivity index (χ1v) is 6.07. The Kier molecular flexibility index (Phi) is 2.59. The van der Waals surface area contributed by atoms with Gasteiger partial charge in [0.25, 0.3) is 0 Å². The molecule has 3 nitrogen and oxygen atoms in total. The Morgan fingerprint density at radius 1 is 0.833 bits per heavy atom. The first-order valence-electron chi connectivity index (χ1n) is 6.07. The van der Waals surface area contributed by atoms with E-state index in [4.69, 9.17) is 0 Å². The molecule has 0 fully saturated rings. The molecule has 0 atom stereocenters. The molecule has 18 heavy (non-hydrogen) atoms. The highest BCUT2D eigenvalue weighted by Gasteiger charge is 2.16. The first kappa shape index (κ1) is 11.0. The summed E-state index contributed by atoms with van der Waals surface area (Å²) in [5.74, 6) is 0.632. The molecule has 1 aliphatic heterocycles. The van der Waals surface area contributed by atoms with Gasteiger partial charge in [0.1, 0.15) is 11.5 Å². The zero-order valence-corrected chi connectivity index (χ0v) is 10.0. The summed E-state index contributed by atoms with van der Waals surface area (Å²) in [6.45, 7) is 1.78. The number of phenols is 2. The van der Waals surface area contributed by atoms with Gasteiger partial charge in [0.2, 0.25) is 0 Å². The summed E-state index contributed by atoms with van der Waals surface area (Å²) in [4.78, 5) is 2.28. The summed E-state index contributed by atoms with van der Waals surface area (Å²) in [6.07, 6.45) is 0.935. The Bertz CT molecular complexity index is 563. The lowest BCUT2D eigenvalue weighted by atomic mass is 9.99. The van der Waals surface area contributed by atoms with Gasteiger partial charge in [-0.2, -0.15) is 0 Å². The van der Waals surface area contributed by atoms with Crippen molar-refractivity contribution in [3.05, 3.63) is 53.6 Å². The van der Waals surface area contributed by atoms with Gasteiger partial charge < -0.3 is 15.1 Å². The number of benzene rings is 2. The van der Waals surface area contributed by atoms with Crippen LogP contribution >= 0.6 is 0 Å². The highest BCUT2D eigenvalue weighted by molar-refractivity contribution is 5.52. The summed E-state index contributed by atoms with van der Waals surface area (Å²) < 4.78 is 0. The topological polar surface area (TPSA) is 43.7 Å². The van der Waals surface area contributed by atoms with Crippen LogP contribution in [0.1, 0.15) is 11.1 Å². The van der Waals surface area contributed by atoms with E-state index in [1.807, 2.05) is 24.3 Å². The van der Waals surface area contributed by atoms with Crippen LogP contribution in [-0.4, -0.2) is 16.8 Å². The average molecular weight is 241 g/mol. The number of hydrogen-bond acceptors (Lipinski definition) is 3. The van der Waals surface area contributed by atoms with Gasteiger partial charge in [-0.25, -0.2) is 0 Å². The van der Waals surface area contributed by atoms with Crippen molar-refractivity contribution in [3.8, 4) is 11.5 Å². The van der Waals surface area contributed by atoms with Crippen LogP contribution in [0.5, 0.6) is 11.5 Å². The van der Waals surface area contributed by atoms with Crippen LogP contribution in [-0.2, 0) is 13.0 Å². The standard InChI is InChI=1S/C15H15NO2/c17-14-5-2-13(3-6-14)16-8-7-11-9-15(18)4-1-12(11)10-16/h1-6,9,17-18H,7-8,10H2. The van der Waals surface area contributed by atoms with E-state index in [1.165, 1.54) is 11.1 Å². The Labute approximate surface area is 106 Å². The maximum absolute atomic E-state index is 9.46. The molecule has 1 heterocycles. The number of aromatic hydroxyl groups is 2. The zero-order valence-electron chi connectivity index (χ0n) is 10.0. The maximum Gasteiger partial charge on any atom is 0.115 e. The molecule has 2 N–H and O–H groups in total. The van der Waals surface area contributed by atoms with Crippen molar-refractivity contribution >= 4 is 5.69 Å². The maximum atomic E-state index is 9.46. The highest BCUT2D eigenvalue weighted by atomic mass is 16.3. The monoisotopic (exact) mass is 241 g/mol. The number of hydrogen-bond donors (Lipinski definition) is 2. The Hall–Kier alpha value is -2.16. The second-order valence-electron chi connectivity index (χ2n) is 4.64.